The van der Waals surface area contributed by atoms with Crippen molar-refractivity contribution in [1.82, 2.24) is 5.32 Å². The highest BCUT2D eigenvalue weighted by molar-refractivity contribution is 5.17. The molecule has 0 spiro atoms. The first-order valence-corrected chi connectivity index (χ1v) is 6.38. The Morgan fingerprint density at radius 3 is 2.82 bits per heavy atom. The van der Waals surface area contributed by atoms with Crippen LogP contribution in [0.5, 0.6) is 0 Å². The zero-order chi connectivity index (χ0) is 12.1. The van der Waals surface area contributed by atoms with Crippen LogP contribution in [0.4, 0.5) is 4.39 Å². The summed E-state index contributed by atoms with van der Waals surface area (Å²) < 4.78 is 18.8. The topological polar surface area (TPSA) is 21.3 Å². The minimum absolute atomic E-state index is 0.102. The van der Waals surface area contributed by atoms with Gasteiger partial charge in [-0.15, -0.1) is 0 Å². The van der Waals surface area contributed by atoms with Gasteiger partial charge in [-0.2, -0.15) is 0 Å². The van der Waals surface area contributed by atoms with Crippen LogP contribution in [0.1, 0.15) is 25.3 Å². The van der Waals surface area contributed by atoms with E-state index < -0.39 is 0 Å². The number of ether oxygens (including phenoxy) is 1. The molecule has 0 saturated heterocycles. The van der Waals surface area contributed by atoms with Crippen LogP contribution in [0.25, 0.3) is 0 Å². The van der Waals surface area contributed by atoms with Crippen molar-refractivity contribution in [3.63, 3.8) is 0 Å². The summed E-state index contributed by atoms with van der Waals surface area (Å²) in [5.74, 6) is -0.102. The molecule has 2 rings (SSSR count). The van der Waals surface area contributed by atoms with Gasteiger partial charge < -0.3 is 10.1 Å². The molecule has 0 bridgehead atoms. The van der Waals surface area contributed by atoms with Crippen LogP contribution in [-0.4, -0.2) is 25.3 Å². The van der Waals surface area contributed by atoms with Gasteiger partial charge in [-0.05, 0) is 44.4 Å². The van der Waals surface area contributed by atoms with Crippen molar-refractivity contribution < 1.29 is 9.13 Å². The van der Waals surface area contributed by atoms with Gasteiger partial charge in [0.05, 0.1) is 6.10 Å². The van der Waals surface area contributed by atoms with E-state index in [1.54, 1.807) is 6.07 Å². The summed E-state index contributed by atoms with van der Waals surface area (Å²) in [6, 6.07) is 7.53. The number of hydrogen-bond donors (Lipinski definition) is 1. The minimum atomic E-state index is -0.102. The van der Waals surface area contributed by atoms with Crippen molar-refractivity contribution in [2.75, 3.05) is 13.2 Å². The highest BCUT2D eigenvalue weighted by Crippen LogP contribution is 2.23. The molecular weight excluding hydrogens is 217 g/mol. The number of rotatable bonds is 6. The third kappa shape index (κ3) is 3.51. The average Bonchev–Trinajstić information content (AvgIpc) is 2.28. The first-order valence-electron chi connectivity index (χ1n) is 6.38. The molecule has 94 valence electrons. The van der Waals surface area contributed by atoms with Gasteiger partial charge in [0.25, 0.3) is 0 Å². The van der Waals surface area contributed by atoms with Crippen molar-refractivity contribution in [2.24, 2.45) is 0 Å². The Balaban J connectivity index is 1.63. The Morgan fingerprint density at radius 2 is 2.12 bits per heavy atom. The second-order valence-corrected chi connectivity index (χ2v) is 4.54. The van der Waals surface area contributed by atoms with Gasteiger partial charge in [0.2, 0.25) is 0 Å². The largest absolute Gasteiger partial charge is 0.378 e. The van der Waals surface area contributed by atoms with Crippen LogP contribution in [0, 0.1) is 5.82 Å². The van der Waals surface area contributed by atoms with Crippen molar-refractivity contribution in [3.05, 3.63) is 35.6 Å². The average molecular weight is 237 g/mol. The van der Waals surface area contributed by atoms with Crippen LogP contribution in [0.2, 0.25) is 0 Å². The lowest BCUT2D eigenvalue weighted by atomic mass is 9.89. The minimum Gasteiger partial charge on any atom is -0.378 e. The molecule has 1 aromatic carbocycles. The molecule has 0 aromatic heterocycles. The lowest BCUT2D eigenvalue weighted by Crippen LogP contribution is -2.46. The van der Waals surface area contributed by atoms with Gasteiger partial charge in [0.1, 0.15) is 5.82 Å². The third-order valence-electron chi connectivity index (χ3n) is 3.28. The van der Waals surface area contributed by atoms with Crippen LogP contribution < -0.4 is 5.32 Å². The van der Waals surface area contributed by atoms with Gasteiger partial charge in [0, 0.05) is 12.6 Å². The van der Waals surface area contributed by atoms with Gasteiger partial charge >= 0.3 is 0 Å². The summed E-state index contributed by atoms with van der Waals surface area (Å²) >= 11 is 0. The molecule has 1 saturated carbocycles. The summed E-state index contributed by atoms with van der Waals surface area (Å²) in [5, 5.41) is 3.44. The van der Waals surface area contributed by atoms with E-state index in [0.717, 1.165) is 38.0 Å². The second kappa shape index (κ2) is 6.12. The SMILES string of the molecule is CCOC1CC(NCCc2ccccc2F)C1. The molecule has 1 aliphatic carbocycles. The summed E-state index contributed by atoms with van der Waals surface area (Å²) in [5.41, 5.74) is 0.792. The standard InChI is InChI=1S/C14H20FNO/c1-2-17-13-9-12(10-13)16-8-7-11-5-3-4-6-14(11)15/h3-6,12-13,16H,2,7-10H2,1H3. The number of halogens is 1. The smallest absolute Gasteiger partial charge is 0.126 e. The van der Waals surface area contributed by atoms with Crippen molar-refractivity contribution >= 4 is 0 Å². The fraction of sp³-hybridized carbons (Fsp3) is 0.571. The molecule has 2 nitrogen and oxygen atoms in total. The Labute approximate surface area is 102 Å². The summed E-state index contributed by atoms with van der Waals surface area (Å²) in [4.78, 5) is 0. The van der Waals surface area contributed by atoms with Crippen LogP contribution in [0.15, 0.2) is 24.3 Å². The van der Waals surface area contributed by atoms with E-state index in [4.69, 9.17) is 4.74 Å². The van der Waals surface area contributed by atoms with E-state index in [2.05, 4.69) is 5.32 Å². The Morgan fingerprint density at radius 1 is 1.35 bits per heavy atom. The normalized spacial score (nSPS) is 23.4. The van der Waals surface area contributed by atoms with Crippen molar-refractivity contribution in [2.45, 2.75) is 38.3 Å². The molecule has 1 N–H and O–H groups in total. The number of nitrogens with one attached hydrogen (secondary N) is 1. The Hall–Kier alpha value is -0.930. The van der Waals surface area contributed by atoms with Gasteiger partial charge in [-0.1, -0.05) is 18.2 Å². The van der Waals surface area contributed by atoms with E-state index >= 15 is 0 Å². The summed E-state index contributed by atoms with van der Waals surface area (Å²) in [6.45, 7) is 3.66. The maximum Gasteiger partial charge on any atom is 0.126 e. The molecule has 0 amide bonds. The van der Waals surface area contributed by atoms with Crippen LogP contribution in [-0.2, 0) is 11.2 Å². The van der Waals surface area contributed by atoms with Gasteiger partial charge in [-0.3, -0.25) is 0 Å². The molecule has 0 unspecified atom stereocenters. The molecule has 1 fully saturated rings. The lowest BCUT2D eigenvalue weighted by Gasteiger charge is -2.35. The molecule has 17 heavy (non-hydrogen) atoms. The molecule has 0 heterocycles. The number of hydrogen-bond acceptors (Lipinski definition) is 2. The Bertz CT molecular complexity index is 350. The summed E-state index contributed by atoms with van der Waals surface area (Å²) in [7, 11) is 0. The van der Waals surface area contributed by atoms with E-state index in [9.17, 15) is 4.39 Å². The van der Waals surface area contributed by atoms with E-state index in [-0.39, 0.29) is 5.82 Å². The first-order chi connectivity index (χ1) is 8.29. The second-order valence-electron chi connectivity index (χ2n) is 4.54. The van der Waals surface area contributed by atoms with Gasteiger partial charge in [0.15, 0.2) is 0 Å². The molecular formula is C14H20FNO. The number of benzene rings is 1. The maximum absolute atomic E-state index is 13.3. The van der Waals surface area contributed by atoms with Crippen LogP contribution in [0.3, 0.4) is 0 Å². The maximum atomic E-state index is 13.3. The third-order valence-corrected chi connectivity index (χ3v) is 3.28. The molecule has 0 atom stereocenters. The lowest BCUT2D eigenvalue weighted by molar-refractivity contribution is -0.00961. The molecule has 0 radical (unpaired) electrons. The fourth-order valence-electron chi connectivity index (χ4n) is 2.22. The molecule has 0 aliphatic heterocycles. The quantitative estimate of drug-likeness (QED) is 0.821. The first kappa shape index (κ1) is 12.5. The predicted octanol–water partition coefficient (Wildman–Crippen LogP) is 2.53. The van der Waals surface area contributed by atoms with Crippen molar-refractivity contribution in [3.8, 4) is 0 Å². The monoisotopic (exact) mass is 237 g/mol. The zero-order valence-electron chi connectivity index (χ0n) is 10.3. The summed E-state index contributed by atoms with van der Waals surface area (Å²) in [6.07, 6.45) is 3.37. The van der Waals surface area contributed by atoms with Gasteiger partial charge in [-0.25, -0.2) is 4.39 Å². The fourth-order valence-corrected chi connectivity index (χ4v) is 2.22. The zero-order valence-corrected chi connectivity index (χ0v) is 10.3. The predicted molar refractivity (Wildman–Crippen MR) is 66.5 cm³/mol. The van der Waals surface area contributed by atoms with E-state index in [1.807, 2.05) is 19.1 Å². The Kier molecular flexibility index (Phi) is 4.51. The molecule has 1 aliphatic rings. The van der Waals surface area contributed by atoms with E-state index in [0.29, 0.717) is 12.1 Å². The molecule has 3 heteroatoms. The van der Waals surface area contributed by atoms with Crippen molar-refractivity contribution in [1.29, 1.82) is 0 Å². The highest BCUT2D eigenvalue weighted by Gasteiger charge is 2.28. The van der Waals surface area contributed by atoms with E-state index in [1.165, 1.54) is 6.07 Å². The van der Waals surface area contributed by atoms with Crippen LogP contribution >= 0.6 is 0 Å². The highest BCUT2D eigenvalue weighted by atomic mass is 19.1. The molecule has 1 aromatic rings.